The van der Waals surface area contributed by atoms with Crippen molar-refractivity contribution in [1.82, 2.24) is 0 Å². The Morgan fingerprint density at radius 3 is 2.56 bits per heavy atom. The average molecular weight is 271 g/mol. The van der Waals surface area contributed by atoms with Crippen LogP contribution in [0.3, 0.4) is 0 Å². The van der Waals surface area contributed by atoms with E-state index in [1.807, 2.05) is 32.9 Å². The molecule has 0 saturated heterocycles. The average Bonchev–Trinajstić information content (AvgIpc) is 2.29. The second-order valence-corrected chi connectivity index (χ2v) is 6.11. The topological polar surface area (TPSA) is 55.4 Å². The van der Waals surface area contributed by atoms with E-state index in [1.54, 1.807) is 6.07 Å². The van der Waals surface area contributed by atoms with Crippen molar-refractivity contribution in [3.63, 3.8) is 0 Å². The number of ether oxygens (including phenoxy) is 1. The van der Waals surface area contributed by atoms with Gasteiger partial charge in [-0.25, -0.2) is 8.42 Å². The third-order valence-corrected chi connectivity index (χ3v) is 3.81. The lowest BCUT2D eigenvalue weighted by Gasteiger charge is -2.13. The second kappa shape index (κ2) is 6.64. The first kappa shape index (κ1) is 14.8. The van der Waals surface area contributed by atoms with Gasteiger partial charge in [-0.2, -0.15) is 0 Å². The van der Waals surface area contributed by atoms with Crippen LogP contribution < -0.4 is 9.46 Å². The van der Waals surface area contributed by atoms with Crippen LogP contribution in [0.5, 0.6) is 5.75 Å². The largest absolute Gasteiger partial charge is 0.491 e. The Hall–Kier alpha value is -1.23. The number of rotatable bonds is 7. The maximum Gasteiger partial charge on any atom is 0.232 e. The predicted octanol–water partition coefficient (Wildman–Crippen LogP) is 2.94. The molecule has 0 heterocycles. The Kier molecular flexibility index (Phi) is 5.47. The molecule has 4 nitrogen and oxygen atoms in total. The van der Waals surface area contributed by atoms with Gasteiger partial charge >= 0.3 is 0 Å². The molecule has 0 saturated carbocycles. The summed E-state index contributed by atoms with van der Waals surface area (Å²) in [6.45, 7) is 6.37. The molecule has 18 heavy (non-hydrogen) atoms. The van der Waals surface area contributed by atoms with Crippen molar-refractivity contribution >= 4 is 15.7 Å². The van der Waals surface area contributed by atoms with E-state index >= 15 is 0 Å². The number of anilines is 1. The number of benzene rings is 1. The zero-order chi connectivity index (χ0) is 13.6. The standard InChI is InChI=1S/C13H21NO3S/c1-4-8-17-13-10-11(3)6-7-12(13)14-18(15,16)9-5-2/h6-7,10,14H,4-5,8-9H2,1-3H3. The molecule has 1 N–H and O–H groups in total. The highest BCUT2D eigenvalue weighted by Gasteiger charge is 2.12. The van der Waals surface area contributed by atoms with Crippen molar-refractivity contribution in [3.05, 3.63) is 23.8 Å². The molecule has 1 rings (SSSR count). The van der Waals surface area contributed by atoms with Gasteiger partial charge in [0.15, 0.2) is 0 Å². The molecule has 5 heteroatoms. The van der Waals surface area contributed by atoms with E-state index in [2.05, 4.69) is 4.72 Å². The van der Waals surface area contributed by atoms with Gasteiger partial charge in [0.2, 0.25) is 10.0 Å². The zero-order valence-corrected chi connectivity index (χ0v) is 12.0. The number of hydrogen-bond acceptors (Lipinski definition) is 3. The lowest BCUT2D eigenvalue weighted by atomic mass is 10.2. The molecule has 0 radical (unpaired) electrons. The monoisotopic (exact) mass is 271 g/mol. The van der Waals surface area contributed by atoms with Crippen LogP contribution in [-0.2, 0) is 10.0 Å². The molecule has 0 fully saturated rings. The van der Waals surface area contributed by atoms with E-state index in [0.29, 0.717) is 24.5 Å². The van der Waals surface area contributed by atoms with Gasteiger partial charge in [0, 0.05) is 0 Å². The smallest absolute Gasteiger partial charge is 0.232 e. The van der Waals surface area contributed by atoms with Gasteiger partial charge in [-0.3, -0.25) is 4.72 Å². The molecule has 0 aliphatic carbocycles. The minimum absolute atomic E-state index is 0.119. The summed E-state index contributed by atoms with van der Waals surface area (Å²) < 4.78 is 31.6. The fourth-order valence-corrected chi connectivity index (χ4v) is 2.68. The molecule has 0 aliphatic heterocycles. The number of sulfonamides is 1. The third-order valence-electron chi connectivity index (χ3n) is 2.34. The van der Waals surface area contributed by atoms with Crippen LogP contribution in [-0.4, -0.2) is 20.8 Å². The number of nitrogens with one attached hydrogen (secondary N) is 1. The van der Waals surface area contributed by atoms with Crippen LogP contribution in [0.15, 0.2) is 18.2 Å². The summed E-state index contributed by atoms with van der Waals surface area (Å²) in [6, 6.07) is 5.45. The molecule has 0 amide bonds. The minimum Gasteiger partial charge on any atom is -0.491 e. The number of hydrogen-bond donors (Lipinski definition) is 1. The van der Waals surface area contributed by atoms with Crippen LogP contribution in [0.25, 0.3) is 0 Å². The first-order valence-electron chi connectivity index (χ1n) is 6.22. The van der Waals surface area contributed by atoms with Gasteiger partial charge in [0.25, 0.3) is 0 Å². The minimum atomic E-state index is -3.28. The van der Waals surface area contributed by atoms with Gasteiger partial charge in [-0.15, -0.1) is 0 Å². The molecule has 0 bridgehead atoms. The highest BCUT2D eigenvalue weighted by Crippen LogP contribution is 2.27. The fraction of sp³-hybridized carbons (Fsp3) is 0.538. The molecule has 0 atom stereocenters. The van der Waals surface area contributed by atoms with Gasteiger partial charge in [-0.1, -0.05) is 19.9 Å². The predicted molar refractivity (Wildman–Crippen MR) is 74.7 cm³/mol. The lowest BCUT2D eigenvalue weighted by molar-refractivity contribution is 0.319. The summed E-state index contributed by atoms with van der Waals surface area (Å²) in [5.41, 5.74) is 1.56. The maximum absolute atomic E-state index is 11.7. The molecular weight excluding hydrogens is 250 g/mol. The Bertz CT molecular complexity index is 483. The van der Waals surface area contributed by atoms with Crippen LogP contribution in [0.1, 0.15) is 32.3 Å². The Morgan fingerprint density at radius 1 is 1.22 bits per heavy atom. The van der Waals surface area contributed by atoms with E-state index in [1.165, 1.54) is 0 Å². The van der Waals surface area contributed by atoms with Crippen molar-refractivity contribution in [2.24, 2.45) is 0 Å². The summed E-state index contributed by atoms with van der Waals surface area (Å²) in [4.78, 5) is 0. The summed E-state index contributed by atoms with van der Waals surface area (Å²) in [6.07, 6.45) is 1.47. The quantitative estimate of drug-likeness (QED) is 0.829. The number of aryl methyl sites for hydroxylation is 1. The van der Waals surface area contributed by atoms with Crippen molar-refractivity contribution in [3.8, 4) is 5.75 Å². The molecular formula is C13H21NO3S. The van der Waals surface area contributed by atoms with E-state index in [-0.39, 0.29) is 5.75 Å². The van der Waals surface area contributed by atoms with E-state index < -0.39 is 10.0 Å². The van der Waals surface area contributed by atoms with Gasteiger partial charge in [0.05, 0.1) is 18.0 Å². The van der Waals surface area contributed by atoms with Crippen molar-refractivity contribution in [1.29, 1.82) is 0 Å². The SMILES string of the molecule is CCCOc1cc(C)ccc1NS(=O)(=O)CCC. The van der Waals surface area contributed by atoms with Crippen molar-refractivity contribution in [2.75, 3.05) is 17.1 Å². The first-order valence-corrected chi connectivity index (χ1v) is 7.87. The second-order valence-electron chi connectivity index (χ2n) is 4.27. The molecule has 1 aromatic rings. The molecule has 0 aromatic heterocycles. The normalized spacial score (nSPS) is 11.3. The summed E-state index contributed by atoms with van der Waals surface area (Å²) in [5, 5.41) is 0. The Balaban J connectivity index is 2.93. The Labute approximate surface area is 109 Å². The third kappa shape index (κ3) is 4.56. The van der Waals surface area contributed by atoms with Crippen LogP contribution in [0.4, 0.5) is 5.69 Å². The van der Waals surface area contributed by atoms with Gasteiger partial charge in [-0.05, 0) is 37.5 Å². The Morgan fingerprint density at radius 2 is 1.94 bits per heavy atom. The molecule has 102 valence electrons. The first-order chi connectivity index (χ1) is 8.48. The van der Waals surface area contributed by atoms with Crippen LogP contribution in [0, 0.1) is 6.92 Å². The van der Waals surface area contributed by atoms with Gasteiger partial charge in [0.1, 0.15) is 5.75 Å². The fourth-order valence-electron chi connectivity index (χ4n) is 1.53. The molecule has 1 aromatic carbocycles. The summed E-state index contributed by atoms with van der Waals surface area (Å²) in [5.74, 6) is 0.713. The van der Waals surface area contributed by atoms with E-state index in [0.717, 1.165) is 12.0 Å². The lowest BCUT2D eigenvalue weighted by Crippen LogP contribution is -2.17. The van der Waals surface area contributed by atoms with Crippen LogP contribution in [0.2, 0.25) is 0 Å². The zero-order valence-electron chi connectivity index (χ0n) is 11.2. The van der Waals surface area contributed by atoms with Gasteiger partial charge < -0.3 is 4.74 Å². The maximum atomic E-state index is 11.7. The van der Waals surface area contributed by atoms with Crippen molar-refractivity contribution in [2.45, 2.75) is 33.6 Å². The van der Waals surface area contributed by atoms with E-state index in [4.69, 9.17) is 4.74 Å². The van der Waals surface area contributed by atoms with E-state index in [9.17, 15) is 8.42 Å². The molecule has 0 spiro atoms. The highest BCUT2D eigenvalue weighted by molar-refractivity contribution is 7.92. The summed E-state index contributed by atoms with van der Waals surface area (Å²) in [7, 11) is -3.28. The highest BCUT2D eigenvalue weighted by atomic mass is 32.2. The molecule has 0 unspecified atom stereocenters. The summed E-state index contributed by atoms with van der Waals surface area (Å²) >= 11 is 0. The van der Waals surface area contributed by atoms with Crippen LogP contribution >= 0.6 is 0 Å². The molecule has 0 aliphatic rings. The van der Waals surface area contributed by atoms with Crippen molar-refractivity contribution < 1.29 is 13.2 Å².